The summed E-state index contributed by atoms with van der Waals surface area (Å²) in [6.45, 7) is 5.60. The van der Waals surface area contributed by atoms with E-state index in [1.165, 1.54) is 6.92 Å². The summed E-state index contributed by atoms with van der Waals surface area (Å²) in [5.41, 5.74) is 0. The predicted octanol–water partition coefficient (Wildman–Crippen LogP) is 1.68. The second kappa shape index (κ2) is 4.72. The summed E-state index contributed by atoms with van der Waals surface area (Å²) in [5, 5.41) is 2.81. The number of alkyl halides is 1. The minimum absolute atomic E-state index is 0.0423. The minimum Gasteiger partial charge on any atom is -0.354 e. The monoisotopic (exact) mass is 207 g/mol. The van der Waals surface area contributed by atoms with Crippen LogP contribution < -0.4 is 5.32 Å². The van der Waals surface area contributed by atoms with Crippen molar-refractivity contribution < 1.29 is 4.79 Å². The van der Waals surface area contributed by atoms with Crippen LogP contribution in [0.4, 0.5) is 0 Å². The van der Waals surface area contributed by atoms with Crippen molar-refractivity contribution in [1.82, 2.24) is 5.32 Å². The van der Waals surface area contributed by atoms with Gasteiger partial charge in [-0.15, -0.1) is 0 Å². The lowest BCUT2D eigenvalue weighted by Crippen LogP contribution is -2.31. The SMILES string of the molecule is CC(=O)NC(C)CC(C)Br. The largest absolute Gasteiger partial charge is 0.354 e. The molecule has 0 aliphatic carbocycles. The van der Waals surface area contributed by atoms with E-state index in [1.54, 1.807) is 0 Å². The van der Waals surface area contributed by atoms with Crippen molar-refractivity contribution in [2.24, 2.45) is 0 Å². The first-order valence-electron chi connectivity index (χ1n) is 3.43. The molecule has 0 aromatic rings. The second-order valence-electron chi connectivity index (χ2n) is 2.62. The first-order chi connectivity index (χ1) is 4.52. The number of halogens is 1. The van der Waals surface area contributed by atoms with Crippen LogP contribution in [0.2, 0.25) is 0 Å². The Hall–Kier alpha value is -0.0500. The van der Waals surface area contributed by atoms with E-state index in [0.717, 1.165) is 6.42 Å². The van der Waals surface area contributed by atoms with Gasteiger partial charge in [0.15, 0.2) is 0 Å². The van der Waals surface area contributed by atoms with Gasteiger partial charge in [0.25, 0.3) is 0 Å². The third kappa shape index (κ3) is 6.08. The molecular formula is C7H14BrNO. The van der Waals surface area contributed by atoms with E-state index in [1.807, 2.05) is 6.92 Å². The van der Waals surface area contributed by atoms with Gasteiger partial charge in [0.1, 0.15) is 0 Å². The third-order valence-corrected chi connectivity index (χ3v) is 1.50. The Morgan fingerprint density at radius 1 is 1.60 bits per heavy atom. The second-order valence-corrected chi connectivity index (χ2v) is 4.18. The lowest BCUT2D eigenvalue weighted by atomic mass is 10.2. The van der Waals surface area contributed by atoms with Crippen LogP contribution in [0.1, 0.15) is 27.2 Å². The van der Waals surface area contributed by atoms with Crippen LogP contribution in [0.3, 0.4) is 0 Å². The van der Waals surface area contributed by atoms with Crippen LogP contribution in [-0.2, 0) is 4.79 Å². The summed E-state index contributed by atoms with van der Waals surface area (Å²) in [7, 11) is 0. The van der Waals surface area contributed by atoms with E-state index < -0.39 is 0 Å². The van der Waals surface area contributed by atoms with E-state index in [0.29, 0.717) is 4.83 Å². The van der Waals surface area contributed by atoms with Gasteiger partial charge in [-0.1, -0.05) is 22.9 Å². The van der Waals surface area contributed by atoms with Gasteiger partial charge in [0.2, 0.25) is 5.91 Å². The molecular weight excluding hydrogens is 194 g/mol. The Morgan fingerprint density at radius 3 is 2.40 bits per heavy atom. The molecule has 0 aromatic carbocycles. The molecule has 0 rings (SSSR count). The molecule has 0 fully saturated rings. The lowest BCUT2D eigenvalue weighted by molar-refractivity contribution is -0.119. The van der Waals surface area contributed by atoms with Crippen molar-refractivity contribution in [1.29, 1.82) is 0 Å². The average Bonchev–Trinajstić information content (AvgIpc) is 1.58. The average molecular weight is 208 g/mol. The topological polar surface area (TPSA) is 29.1 Å². The molecule has 60 valence electrons. The molecule has 2 nitrogen and oxygen atoms in total. The standard InChI is InChI=1S/C7H14BrNO/c1-5(8)4-6(2)9-7(3)10/h5-6H,4H2,1-3H3,(H,9,10). The molecule has 1 N–H and O–H groups in total. The van der Waals surface area contributed by atoms with Crippen LogP contribution >= 0.6 is 15.9 Å². The van der Waals surface area contributed by atoms with Gasteiger partial charge in [-0.05, 0) is 13.3 Å². The van der Waals surface area contributed by atoms with Gasteiger partial charge in [-0.2, -0.15) is 0 Å². The molecule has 2 unspecified atom stereocenters. The van der Waals surface area contributed by atoms with Gasteiger partial charge in [0.05, 0.1) is 0 Å². The smallest absolute Gasteiger partial charge is 0.217 e. The molecule has 0 bridgehead atoms. The normalized spacial score (nSPS) is 16.0. The molecule has 2 atom stereocenters. The van der Waals surface area contributed by atoms with Gasteiger partial charge in [-0.25, -0.2) is 0 Å². The zero-order valence-electron chi connectivity index (χ0n) is 6.65. The van der Waals surface area contributed by atoms with Crippen molar-refractivity contribution in [3.05, 3.63) is 0 Å². The lowest BCUT2D eigenvalue weighted by Gasteiger charge is -2.12. The highest BCUT2D eigenvalue weighted by Gasteiger charge is 2.05. The van der Waals surface area contributed by atoms with Crippen LogP contribution in [0.15, 0.2) is 0 Å². The maximum absolute atomic E-state index is 10.5. The molecule has 0 heterocycles. The molecule has 0 saturated carbocycles. The third-order valence-electron chi connectivity index (χ3n) is 1.13. The van der Waals surface area contributed by atoms with Gasteiger partial charge >= 0.3 is 0 Å². The van der Waals surface area contributed by atoms with Gasteiger partial charge in [0, 0.05) is 17.8 Å². The van der Waals surface area contributed by atoms with E-state index in [2.05, 4.69) is 28.2 Å². The van der Waals surface area contributed by atoms with Crippen LogP contribution in [0.5, 0.6) is 0 Å². The summed E-state index contributed by atoms with van der Waals surface area (Å²) in [5.74, 6) is 0.0423. The molecule has 3 heteroatoms. The first kappa shape index (κ1) is 9.95. The van der Waals surface area contributed by atoms with Crippen LogP contribution in [-0.4, -0.2) is 16.8 Å². The number of hydrogen-bond donors (Lipinski definition) is 1. The fraction of sp³-hybridized carbons (Fsp3) is 0.857. The molecule has 10 heavy (non-hydrogen) atoms. The van der Waals surface area contributed by atoms with Crippen molar-refractivity contribution in [3.63, 3.8) is 0 Å². The van der Waals surface area contributed by atoms with E-state index in [-0.39, 0.29) is 11.9 Å². The number of hydrogen-bond acceptors (Lipinski definition) is 1. The number of rotatable bonds is 3. The highest BCUT2D eigenvalue weighted by Crippen LogP contribution is 2.05. The fourth-order valence-electron chi connectivity index (χ4n) is 0.893. The molecule has 0 aromatic heterocycles. The Bertz CT molecular complexity index is 114. The zero-order valence-corrected chi connectivity index (χ0v) is 8.23. The predicted molar refractivity (Wildman–Crippen MR) is 46.3 cm³/mol. The van der Waals surface area contributed by atoms with Crippen LogP contribution in [0, 0.1) is 0 Å². The van der Waals surface area contributed by atoms with E-state index in [9.17, 15) is 4.79 Å². The first-order valence-corrected chi connectivity index (χ1v) is 4.35. The Balaban J connectivity index is 3.43. The highest BCUT2D eigenvalue weighted by atomic mass is 79.9. The maximum atomic E-state index is 10.5. The molecule has 0 radical (unpaired) electrons. The fourth-order valence-corrected chi connectivity index (χ4v) is 1.45. The molecule has 1 amide bonds. The van der Waals surface area contributed by atoms with Gasteiger partial charge < -0.3 is 5.32 Å². The number of nitrogens with one attached hydrogen (secondary N) is 1. The maximum Gasteiger partial charge on any atom is 0.217 e. The van der Waals surface area contributed by atoms with Crippen LogP contribution in [0.25, 0.3) is 0 Å². The summed E-state index contributed by atoms with van der Waals surface area (Å²) in [4.78, 5) is 11.0. The molecule has 0 aliphatic rings. The van der Waals surface area contributed by atoms with Crippen molar-refractivity contribution in [2.75, 3.05) is 0 Å². The number of carbonyl (C=O) groups excluding carboxylic acids is 1. The summed E-state index contributed by atoms with van der Waals surface area (Å²) < 4.78 is 0. The zero-order chi connectivity index (χ0) is 8.15. The Kier molecular flexibility index (Phi) is 4.69. The molecule has 0 saturated heterocycles. The summed E-state index contributed by atoms with van der Waals surface area (Å²) in [6.07, 6.45) is 0.972. The van der Waals surface area contributed by atoms with E-state index in [4.69, 9.17) is 0 Å². The van der Waals surface area contributed by atoms with Crippen molar-refractivity contribution in [3.8, 4) is 0 Å². The highest BCUT2D eigenvalue weighted by molar-refractivity contribution is 9.09. The summed E-state index contributed by atoms with van der Waals surface area (Å²) in [6, 6.07) is 0.270. The molecule has 0 spiro atoms. The number of amides is 1. The Morgan fingerprint density at radius 2 is 2.10 bits per heavy atom. The van der Waals surface area contributed by atoms with Gasteiger partial charge in [-0.3, -0.25) is 4.79 Å². The number of carbonyl (C=O) groups is 1. The van der Waals surface area contributed by atoms with E-state index >= 15 is 0 Å². The molecule has 0 aliphatic heterocycles. The summed E-state index contributed by atoms with van der Waals surface area (Å²) >= 11 is 3.41. The Labute approximate surface area is 70.5 Å². The minimum atomic E-state index is 0.0423. The van der Waals surface area contributed by atoms with Crippen molar-refractivity contribution in [2.45, 2.75) is 38.1 Å². The quantitative estimate of drug-likeness (QED) is 0.702. The van der Waals surface area contributed by atoms with Crippen molar-refractivity contribution >= 4 is 21.8 Å².